The van der Waals surface area contributed by atoms with Crippen LogP contribution in [-0.2, 0) is 0 Å². The largest absolute Gasteiger partial charge is 0.458 e. The molecule has 12 aromatic rings. The summed E-state index contributed by atoms with van der Waals surface area (Å²) in [5, 5.41) is 2.04. The number of anilines is 12. The minimum absolute atomic E-state index is 0.131. The van der Waals surface area contributed by atoms with E-state index < -0.39 is 0 Å². The molecule has 1 aromatic heterocycles. The Kier molecular flexibility index (Phi) is 8.83. The van der Waals surface area contributed by atoms with Gasteiger partial charge in [-0.15, -0.1) is 0 Å². The Balaban J connectivity index is 1.04. The van der Waals surface area contributed by atoms with Crippen LogP contribution in [0.2, 0.25) is 0 Å². The normalized spacial score (nSPS) is 13.4. The summed E-state index contributed by atoms with van der Waals surface area (Å²) in [6.07, 6.45) is 0. The van der Waals surface area contributed by atoms with Crippen LogP contribution in [-0.4, -0.2) is 13.4 Å². The van der Waals surface area contributed by atoms with Crippen molar-refractivity contribution < 1.29 is 9.15 Å². The lowest BCUT2D eigenvalue weighted by Gasteiger charge is -2.46. The summed E-state index contributed by atoms with van der Waals surface area (Å²) in [4.78, 5) is 9.87. The molecule has 0 saturated carbocycles. The fourth-order valence-electron chi connectivity index (χ4n) is 12.7. The first-order valence-electron chi connectivity index (χ1n) is 25.4. The predicted molar refractivity (Wildman–Crippen MR) is 308 cm³/mol. The molecule has 4 aliphatic heterocycles. The first-order valence-corrected chi connectivity index (χ1v) is 25.4. The number of nitrogens with zero attached hydrogens (tertiary/aromatic N) is 4. The molecule has 0 N–H and O–H groups in total. The van der Waals surface area contributed by atoms with Crippen LogP contribution in [0.5, 0.6) is 11.5 Å². The molecule has 11 aromatic carbocycles. The fraction of sp³-hybridized carbons (Fsp3) is 0. The highest BCUT2D eigenvalue weighted by atomic mass is 16.5. The maximum Gasteiger partial charge on any atom is 0.256 e. The summed E-state index contributed by atoms with van der Waals surface area (Å²) in [5.41, 5.74) is 22.0. The number of ether oxygens (including phenoxy) is 1. The van der Waals surface area contributed by atoms with Crippen molar-refractivity contribution in [3.8, 4) is 11.5 Å². The topological polar surface area (TPSA) is 35.3 Å². The quantitative estimate of drug-likeness (QED) is 0.155. The molecule has 16 rings (SSSR count). The van der Waals surface area contributed by atoms with Crippen LogP contribution in [0.4, 0.5) is 68.2 Å². The van der Waals surface area contributed by atoms with Gasteiger partial charge in [0.05, 0.1) is 11.1 Å². The van der Waals surface area contributed by atoms with Gasteiger partial charge in [0.25, 0.3) is 13.4 Å². The van der Waals surface area contributed by atoms with E-state index in [2.05, 4.69) is 268 Å². The van der Waals surface area contributed by atoms with E-state index in [0.29, 0.717) is 0 Å². The van der Waals surface area contributed by atoms with Gasteiger partial charge in [-0.25, -0.2) is 0 Å². The second kappa shape index (κ2) is 15.9. The van der Waals surface area contributed by atoms with E-state index in [0.717, 1.165) is 113 Å². The SMILES string of the molecule is c1ccc(N(c2ccccc2)c2cc3c4c(c2)N(c2ccccc2)c2cc5c(cc2B4c2ccccc2N3c2ccccc2)B2c3ccccc3Oc3c2c(cc2oc4ccccc4c32)N5c2ccccc2)cc1. The van der Waals surface area contributed by atoms with Crippen LogP contribution in [0, 0.1) is 0 Å². The lowest BCUT2D eigenvalue weighted by atomic mass is 9.30. The van der Waals surface area contributed by atoms with Crippen LogP contribution in [0.15, 0.2) is 259 Å². The molecule has 0 atom stereocenters. The van der Waals surface area contributed by atoms with Crippen LogP contribution in [0.1, 0.15) is 0 Å². The Bertz CT molecular complexity index is 4170. The highest BCUT2D eigenvalue weighted by Gasteiger charge is 2.48. The number of hydrogen-bond acceptors (Lipinski definition) is 6. The Labute approximate surface area is 429 Å². The molecule has 0 fully saturated rings. The van der Waals surface area contributed by atoms with Crippen molar-refractivity contribution in [3.05, 3.63) is 255 Å². The van der Waals surface area contributed by atoms with Gasteiger partial charge in [0.1, 0.15) is 22.7 Å². The standard InChI is InChI=1S/C66H42B2N4O2/c1-6-22-43(23-7-1)69(44-24-8-2-9-25-44)48-38-57-64-58(39-48)71(46-28-12-4-13-29-46)55-41-56-53(40-52(55)67(64)50-33-17-19-35-54(50)70(57)45-26-10-3-11-27-45)68-51-34-18-21-37-61(51)74-66-63-49-32-16-20-36-60(49)73-62(63)42-59(65(66)68)72(56)47-30-14-5-15-31-47/h1-42H. The van der Waals surface area contributed by atoms with Crippen molar-refractivity contribution in [1.29, 1.82) is 0 Å². The monoisotopic (exact) mass is 944 g/mol. The molecule has 0 spiro atoms. The third kappa shape index (κ3) is 5.91. The summed E-state index contributed by atoms with van der Waals surface area (Å²) in [6.45, 7) is -0.282. The second-order valence-electron chi connectivity index (χ2n) is 19.6. The van der Waals surface area contributed by atoms with Gasteiger partial charge in [0.15, 0.2) is 0 Å². The van der Waals surface area contributed by atoms with Crippen LogP contribution in [0.3, 0.4) is 0 Å². The zero-order valence-electron chi connectivity index (χ0n) is 40.0. The molecule has 0 amide bonds. The first-order chi connectivity index (χ1) is 36.7. The molecule has 0 bridgehead atoms. The smallest absolute Gasteiger partial charge is 0.256 e. The summed E-state index contributed by atoms with van der Waals surface area (Å²) in [7, 11) is 0. The Morgan fingerprint density at radius 2 is 0.797 bits per heavy atom. The van der Waals surface area contributed by atoms with Gasteiger partial charge in [-0.05, 0) is 130 Å². The highest BCUT2D eigenvalue weighted by Crippen LogP contribution is 2.51. The third-order valence-electron chi connectivity index (χ3n) is 15.6. The number of hydrogen-bond donors (Lipinski definition) is 0. The van der Waals surface area contributed by atoms with Gasteiger partial charge in [-0.3, -0.25) is 0 Å². The molecular weight excluding hydrogens is 902 g/mol. The molecule has 0 unspecified atom stereocenters. The zero-order valence-corrected chi connectivity index (χ0v) is 40.0. The van der Waals surface area contributed by atoms with E-state index >= 15 is 0 Å². The number of benzene rings is 11. The van der Waals surface area contributed by atoms with Gasteiger partial charge in [-0.2, -0.15) is 0 Å². The average Bonchev–Trinajstić information content (AvgIpc) is 3.86. The van der Waals surface area contributed by atoms with Crippen molar-refractivity contribution in [2.75, 3.05) is 19.6 Å². The first kappa shape index (κ1) is 41.0. The molecule has 4 aliphatic rings. The van der Waals surface area contributed by atoms with E-state index in [1.54, 1.807) is 0 Å². The van der Waals surface area contributed by atoms with Crippen molar-refractivity contribution >= 4 is 136 Å². The summed E-state index contributed by atoms with van der Waals surface area (Å²) in [6, 6.07) is 92.3. The average molecular weight is 945 g/mol. The molecule has 344 valence electrons. The van der Waals surface area contributed by atoms with Crippen molar-refractivity contribution in [1.82, 2.24) is 0 Å². The lowest BCUT2D eigenvalue weighted by Crippen LogP contribution is -2.64. The van der Waals surface area contributed by atoms with Crippen LogP contribution in [0.25, 0.3) is 21.9 Å². The number of fused-ring (bicyclic) bond motifs is 12. The highest BCUT2D eigenvalue weighted by molar-refractivity contribution is 7.02. The van der Waals surface area contributed by atoms with Crippen molar-refractivity contribution in [3.63, 3.8) is 0 Å². The summed E-state index contributed by atoms with van der Waals surface area (Å²) >= 11 is 0. The van der Waals surface area contributed by atoms with E-state index in [9.17, 15) is 0 Å². The molecule has 74 heavy (non-hydrogen) atoms. The van der Waals surface area contributed by atoms with Crippen LogP contribution >= 0.6 is 0 Å². The van der Waals surface area contributed by atoms with E-state index in [1.807, 2.05) is 6.07 Å². The van der Waals surface area contributed by atoms with Gasteiger partial charge < -0.3 is 28.8 Å². The maximum atomic E-state index is 7.19. The molecule has 6 nitrogen and oxygen atoms in total. The number of rotatable bonds is 6. The fourth-order valence-corrected chi connectivity index (χ4v) is 12.7. The van der Waals surface area contributed by atoms with Gasteiger partial charge in [0, 0.05) is 74.0 Å². The molecule has 8 heteroatoms. The second-order valence-corrected chi connectivity index (χ2v) is 19.6. The Hall–Kier alpha value is -9.65. The molecule has 0 aliphatic carbocycles. The van der Waals surface area contributed by atoms with Gasteiger partial charge >= 0.3 is 0 Å². The van der Waals surface area contributed by atoms with Crippen molar-refractivity contribution in [2.45, 2.75) is 0 Å². The summed E-state index contributed by atoms with van der Waals surface area (Å²) < 4.78 is 14.0. The Morgan fingerprint density at radius 3 is 1.41 bits per heavy atom. The van der Waals surface area contributed by atoms with E-state index in [4.69, 9.17) is 9.15 Å². The number of para-hydroxylation sites is 8. The molecular formula is C66H42B2N4O2. The molecule has 5 heterocycles. The predicted octanol–water partition coefficient (Wildman–Crippen LogP) is 13.5. The van der Waals surface area contributed by atoms with Gasteiger partial charge in [-0.1, -0.05) is 152 Å². The molecule has 0 saturated heterocycles. The van der Waals surface area contributed by atoms with Crippen molar-refractivity contribution in [2.24, 2.45) is 0 Å². The minimum Gasteiger partial charge on any atom is -0.458 e. The van der Waals surface area contributed by atoms with E-state index in [-0.39, 0.29) is 13.4 Å². The van der Waals surface area contributed by atoms with Crippen LogP contribution < -0.4 is 57.1 Å². The lowest BCUT2D eigenvalue weighted by molar-refractivity contribution is 0.493. The molecule has 0 radical (unpaired) electrons. The zero-order chi connectivity index (χ0) is 48.4. The Morgan fingerprint density at radius 1 is 0.324 bits per heavy atom. The number of furan rings is 1. The van der Waals surface area contributed by atoms with E-state index in [1.165, 1.54) is 21.9 Å². The third-order valence-corrected chi connectivity index (χ3v) is 15.6. The van der Waals surface area contributed by atoms with Gasteiger partial charge in [0.2, 0.25) is 0 Å². The maximum absolute atomic E-state index is 7.19. The minimum atomic E-state index is -0.151. The summed E-state index contributed by atoms with van der Waals surface area (Å²) in [5.74, 6) is 1.71.